The monoisotopic (exact) mass is 356 g/mol. The summed E-state index contributed by atoms with van der Waals surface area (Å²) in [5.74, 6) is -0.297. The Morgan fingerprint density at radius 3 is 2.84 bits per heavy atom. The largest absolute Gasteiger partial charge is 0.350 e. The lowest BCUT2D eigenvalue weighted by atomic mass is 10.1. The second kappa shape index (κ2) is 7.03. The van der Waals surface area contributed by atoms with Gasteiger partial charge in [-0.15, -0.1) is 0 Å². The molecule has 0 spiro atoms. The highest BCUT2D eigenvalue weighted by molar-refractivity contribution is 6.35. The van der Waals surface area contributed by atoms with E-state index >= 15 is 0 Å². The summed E-state index contributed by atoms with van der Waals surface area (Å²) in [5.41, 5.74) is 2.25. The van der Waals surface area contributed by atoms with Crippen molar-refractivity contribution >= 4 is 28.4 Å². The first-order valence-electron chi connectivity index (χ1n) is 7.84. The average Bonchev–Trinajstić information content (AvgIpc) is 2.56. The Labute approximate surface area is 149 Å². The first kappa shape index (κ1) is 17.1. The quantitative estimate of drug-likeness (QED) is 0.779. The Bertz CT molecular complexity index is 1010. The molecule has 1 aromatic carbocycles. The van der Waals surface area contributed by atoms with Crippen molar-refractivity contribution in [3.8, 4) is 0 Å². The van der Waals surface area contributed by atoms with E-state index in [0.717, 1.165) is 5.69 Å². The summed E-state index contributed by atoms with van der Waals surface area (Å²) in [6.07, 6.45) is 1.66. The van der Waals surface area contributed by atoms with Gasteiger partial charge in [0, 0.05) is 36.1 Å². The van der Waals surface area contributed by atoms with E-state index in [4.69, 9.17) is 11.6 Å². The van der Waals surface area contributed by atoms with Crippen molar-refractivity contribution in [1.82, 2.24) is 19.9 Å². The fourth-order valence-corrected chi connectivity index (χ4v) is 3.02. The maximum atomic E-state index is 12.6. The molecule has 0 atom stereocenters. The van der Waals surface area contributed by atoms with Gasteiger partial charge in [0.05, 0.1) is 16.1 Å². The predicted octanol–water partition coefficient (Wildman–Crippen LogP) is 2.49. The van der Waals surface area contributed by atoms with Crippen LogP contribution in [0.2, 0.25) is 5.02 Å². The molecule has 2 aromatic heterocycles. The van der Waals surface area contributed by atoms with Crippen LogP contribution in [-0.4, -0.2) is 27.0 Å². The topological polar surface area (TPSA) is 76.9 Å². The van der Waals surface area contributed by atoms with Gasteiger partial charge < -0.3 is 5.32 Å². The molecule has 1 N–H and O–H groups in total. The summed E-state index contributed by atoms with van der Waals surface area (Å²) in [4.78, 5) is 32.7. The van der Waals surface area contributed by atoms with Gasteiger partial charge in [0.2, 0.25) is 0 Å². The molecule has 1 amide bonds. The number of carbonyl (C=O) groups excluding carboxylic acids is 1. The molecule has 128 valence electrons. The van der Waals surface area contributed by atoms with Crippen LogP contribution in [-0.2, 0) is 6.54 Å². The lowest BCUT2D eigenvalue weighted by Crippen LogP contribution is -2.33. The molecule has 25 heavy (non-hydrogen) atoms. The molecule has 6 nitrogen and oxygen atoms in total. The maximum absolute atomic E-state index is 12.6. The summed E-state index contributed by atoms with van der Waals surface area (Å²) in [6.45, 7) is 4.24. The number of aryl methyl sites for hydroxylation is 2. The van der Waals surface area contributed by atoms with Crippen molar-refractivity contribution in [2.75, 3.05) is 6.54 Å². The van der Waals surface area contributed by atoms with Gasteiger partial charge in [-0.1, -0.05) is 17.7 Å². The number of amides is 1. The minimum atomic E-state index is -0.320. The van der Waals surface area contributed by atoms with E-state index in [-0.39, 0.29) is 18.1 Å². The molecule has 0 fully saturated rings. The molecule has 2 heterocycles. The van der Waals surface area contributed by atoms with Crippen molar-refractivity contribution in [2.24, 2.45) is 0 Å². The molecule has 0 saturated carbocycles. The first-order valence-corrected chi connectivity index (χ1v) is 8.21. The second-order valence-electron chi connectivity index (χ2n) is 5.72. The molecule has 3 aromatic rings. The SMILES string of the molecule is Cc1cc(C)n(CCNC(=O)c2c(Cl)ccc3ncccc23)c(=O)n1. The third-order valence-electron chi connectivity index (χ3n) is 3.93. The molecule has 0 aliphatic carbocycles. The van der Waals surface area contributed by atoms with E-state index < -0.39 is 0 Å². The summed E-state index contributed by atoms with van der Waals surface area (Å²) in [6, 6.07) is 8.83. The number of rotatable bonds is 4. The number of aromatic nitrogens is 3. The first-order chi connectivity index (χ1) is 12.0. The van der Waals surface area contributed by atoms with Gasteiger partial charge in [0.1, 0.15) is 0 Å². The second-order valence-corrected chi connectivity index (χ2v) is 6.13. The summed E-state index contributed by atoms with van der Waals surface area (Å²) in [5, 5.41) is 3.87. The molecule has 0 saturated heterocycles. The van der Waals surface area contributed by atoms with Gasteiger partial charge in [-0.2, -0.15) is 4.98 Å². The number of pyridine rings is 1. The number of nitrogens with one attached hydrogen (secondary N) is 1. The van der Waals surface area contributed by atoms with Crippen LogP contribution in [0.15, 0.2) is 41.3 Å². The number of carbonyl (C=O) groups is 1. The van der Waals surface area contributed by atoms with Crippen molar-refractivity contribution in [1.29, 1.82) is 0 Å². The minimum absolute atomic E-state index is 0.289. The third kappa shape index (κ3) is 3.53. The summed E-state index contributed by atoms with van der Waals surface area (Å²) < 4.78 is 1.53. The van der Waals surface area contributed by atoms with E-state index in [0.29, 0.717) is 33.7 Å². The van der Waals surface area contributed by atoms with Gasteiger partial charge >= 0.3 is 5.69 Å². The summed E-state index contributed by atoms with van der Waals surface area (Å²) >= 11 is 6.21. The minimum Gasteiger partial charge on any atom is -0.350 e. The highest BCUT2D eigenvalue weighted by atomic mass is 35.5. The molecular weight excluding hydrogens is 340 g/mol. The Kier molecular flexibility index (Phi) is 4.81. The van der Waals surface area contributed by atoms with Crippen LogP contribution in [0, 0.1) is 13.8 Å². The van der Waals surface area contributed by atoms with E-state index in [2.05, 4.69) is 15.3 Å². The van der Waals surface area contributed by atoms with Gasteiger partial charge in [0.15, 0.2) is 0 Å². The smallest absolute Gasteiger partial charge is 0.348 e. The van der Waals surface area contributed by atoms with Gasteiger partial charge in [-0.05, 0) is 38.1 Å². The Hall–Kier alpha value is -2.73. The fraction of sp³-hybridized carbons (Fsp3) is 0.222. The van der Waals surface area contributed by atoms with E-state index in [1.165, 1.54) is 4.57 Å². The third-order valence-corrected chi connectivity index (χ3v) is 4.24. The van der Waals surface area contributed by atoms with Gasteiger partial charge in [-0.3, -0.25) is 14.3 Å². The van der Waals surface area contributed by atoms with Crippen molar-refractivity contribution in [2.45, 2.75) is 20.4 Å². The number of fused-ring (bicyclic) bond motifs is 1. The van der Waals surface area contributed by atoms with Crippen LogP contribution in [0.3, 0.4) is 0 Å². The molecule has 3 rings (SSSR count). The van der Waals surface area contributed by atoms with Crippen LogP contribution in [0.4, 0.5) is 0 Å². The molecule has 0 aliphatic heterocycles. The van der Waals surface area contributed by atoms with E-state index in [1.807, 2.05) is 19.1 Å². The number of hydrogen-bond donors (Lipinski definition) is 1. The van der Waals surface area contributed by atoms with Crippen LogP contribution >= 0.6 is 11.6 Å². The molecule has 0 unspecified atom stereocenters. The van der Waals surface area contributed by atoms with Gasteiger partial charge in [0.25, 0.3) is 5.91 Å². The molecule has 7 heteroatoms. The Balaban J connectivity index is 1.78. The number of benzene rings is 1. The normalized spacial score (nSPS) is 10.8. The zero-order chi connectivity index (χ0) is 18.0. The standard InChI is InChI=1S/C18H17ClN4O2/c1-11-10-12(2)23(18(25)22-11)9-8-21-17(24)16-13-4-3-7-20-15(13)6-5-14(16)19/h3-7,10H,8-9H2,1-2H3,(H,21,24). The predicted molar refractivity (Wildman–Crippen MR) is 97.1 cm³/mol. The summed E-state index contributed by atoms with van der Waals surface area (Å²) in [7, 11) is 0. The molecule has 0 bridgehead atoms. The zero-order valence-corrected chi connectivity index (χ0v) is 14.7. The van der Waals surface area contributed by atoms with Crippen LogP contribution < -0.4 is 11.0 Å². The van der Waals surface area contributed by atoms with Crippen molar-refractivity contribution in [3.05, 3.63) is 69.0 Å². The average molecular weight is 357 g/mol. The van der Waals surface area contributed by atoms with Crippen LogP contribution in [0.5, 0.6) is 0 Å². The van der Waals surface area contributed by atoms with Crippen LogP contribution in [0.25, 0.3) is 10.9 Å². The molecule has 0 radical (unpaired) electrons. The lowest BCUT2D eigenvalue weighted by molar-refractivity contribution is 0.0954. The van der Waals surface area contributed by atoms with Crippen LogP contribution in [0.1, 0.15) is 21.7 Å². The maximum Gasteiger partial charge on any atom is 0.348 e. The lowest BCUT2D eigenvalue weighted by Gasteiger charge is -2.12. The van der Waals surface area contributed by atoms with Gasteiger partial charge in [-0.25, -0.2) is 4.79 Å². The van der Waals surface area contributed by atoms with E-state index in [9.17, 15) is 9.59 Å². The number of nitrogens with zero attached hydrogens (tertiary/aromatic N) is 3. The molecule has 0 aliphatic rings. The highest BCUT2D eigenvalue weighted by Crippen LogP contribution is 2.24. The zero-order valence-electron chi connectivity index (χ0n) is 13.9. The number of hydrogen-bond acceptors (Lipinski definition) is 4. The molecular formula is C18H17ClN4O2. The van der Waals surface area contributed by atoms with Crippen molar-refractivity contribution < 1.29 is 4.79 Å². The fourth-order valence-electron chi connectivity index (χ4n) is 2.77. The Morgan fingerprint density at radius 1 is 1.28 bits per heavy atom. The number of halogens is 1. The van der Waals surface area contributed by atoms with E-state index in [1.54, 1.807) is 31.3 Å². The van der Waals surface area contributed by atoms with Crippen molar-refractivity contribution in [3.63, 3.8) is 0 Å². The Morgan fingerprint density at radius 2 is 2.08 bits per heavy atom. The highest BCUT2D eigenvalue weighted by Gasteiger charge is 2.14.